The van der Waals surface area contributed by atoms with Gasteiger partial charge < -0.3 is 20.4 Å². The maximum Gasteiger partial charge on any atom is 0.417 e. The number of H-pyrrole nitrogens is 1. The van der Waals surface area contributed by atoms with Gasteiger partial charge in [0.2, 0.25) is 0 Å². The van der Waals surface area contributed by atoms with E-state index in [-0.39, 0.29) is 11.7 Å². The van der Waals surface area contributed by atoms with E-state index in [1.807, 2.05) is 0 Å². The van der Waals surface area contributed by atoms with E-state index >= 15 is 0 Å². The number of carbonyl (C=O) groups excluding carboxylic acids is 1. The molecule has 3 N–H and O–H groups in total. The van der Waals surface area contributed by atoms with Crippen molar-refractivity contribution in [2.24, 2.45) is 0 Å². The van der Waals surface area contributed by atoms with Crippen LogP contribution < -0.4 is 16.2 Å². The first-order valence-corrected chi connectivity index (χ1v) is 10.1. The molecule has 0 saturated carbocycles. The summed E-state index contributed by atoms with van der Waals surface area (Å²) in [6.45, 7) is 4.01. The summed E-state index contributed by atoms with van der Waals surface area (Å²) >= 11 is 1.37. The Morgan fingerprint density at radius 3 is 2.66 bits per heavy atom. The number of aromatic nitrogens is 1. The number of thiophene rings is 1. The first-order chi connectivity index (χ1) is 13.7. The lowest BCUT2D eigenvalue weighted by Crippen LogP contribution is -2.30. The predicted molar refractivity (Wildman–Crippen MR) is 104 cm³/mol. The van der Waals surface area contributed by atoms with Crippen molar-refractivity contribution in [1.82, 2.24) is 10.3 Å². The lowest BCUT2D eigenvalue weighted by atomic mass is 10.1. The second kappa shape index (κ2) is 8.58. The lowest BCUT2D eigenvalue weighted by Gasteiger charge is -2.23. The third-order valence-electron chi connectivity index (χ3n) is 4.84. The predicted octanol–water partition coefficient (Wildman–Crippen LogP) is 3.59. The van der Waals surface area contributed by atoms with Crippen molar-refractivity contribution >= 4 is 22.2 Å². The van der Waals surface area contributed by atoms with E-state index in [2.05, 4.69) is 15.6 Å². The first kappa shape index (κ1) is 21.4. The van der Waals surface area contributed by atoms with E-state index < -0.39 is 35.3 Å². The molecule has 0 aromatic carbocycles. The van der Waals surface area contributed by atoms with Crippen LogP contribution in [0.5, 0.6) is 0 Å². The number of halogens is 3. The zero-order valence-electron chi connectivity index (χ0n) is 16.0. The molecule has 1 amide bonds. The summed E-state index contributed by atoms with van der Waals surface area (Å²) in [5.74, 6) is -0.521. The smallest absolute Gasteiger partial charge is 0.381 e. The van der Waals surface area contributed by atoms with Crippen LogP contribution in [0.1, 0.15) is 45.6 Å². The third kappa shape index (κ3) is 4.99. The van der Waals surface area contributed by atoms with E-state index in [0.29, 0.717) is 18.8 Å². The first-order valence-electron chi connectivity index (χ1n) is 9.17. The second-order valence-corrected chi connectivity index (χ2v) is 7.87. The van der Waals surface area contributed by atoms with Gasteiger partial charge in [0.25, 0.3) is 11.5 Å². The van der Waals surface area contributed by atoms with Gasteiger partial charge in [0.05, 0.1) is 16.1 Å². The van der Waals surface area contributed by atoms with E-state index in [4.69, 9.17) is 4.74 Å². The average Bonchev–Trinajstić information content (AvgIpc) is 3.01. The number of alkyl halides is 3. The quantitative estimate of drug-likeness (QED) is 0.678. The monoisotopic (exact) mass is 429 g/mol. The van der Waals surface area contributed by atoms with Crippen LogP contribution in [-0.4, -0.2) is 30.1 Å². The van der Waals surface area contributed by atoms with Crippen LogP contribution in [0.3, 0.4) is 0 Å². The number of aromatic amines is 1. The molecule has 3 rings (SSSR count). The van der Waals surface area contributed by atoms with Crippen LogP contribution >= 0.6 is 11.3 Å². The van der Waals surface area contributed by atoms with Crippen molar-refractivity contribution in [3.8, 4) is 0 Å². The highest BCUT2D eigenvalue weighted by atomic mass is 32.1. The summed E-state index contributed by atoms with van der Waals surface area (Å²) in [7, 11) is 0. The Labute approximate surface area is 169 Å². The molecule has 6 nitrogen and oxygen atoms in total. The van der Waals surface area contributed by atoms with E-state index in [1.165, 1.54) is 18.3 Å². The maximum atomic E-state index is 13.3. The van der Waals surface area contributed by atoms with Crippen LogP contribution in [0, 0.1) is 13.8 Å². The molecule has 0 radical (unpaired) electrons. The Kier molecular flexibility index (Phi) is 6.33. The fourth-order valence-corrected chi connectivity index (χ4v) is 4.26. The Hall–Kier alpha value is -2.33. The highest BCUT2D eigenvalue weighted by Crippen LogP contribution is 2.32. The van der Waals surface area contributed by atoms with Crippen molar-refractivity contribution in [3.05, 3.63) is 49.7 Å². The van der Waals surface area contributed by atoms with Crippen LogP contribution in [0.25, 0.3) is 0 Å². The van der Waals surface area contributed by atoms with Gasteiger partial charge in [-0.25, -0.2) is 0 Å². The van der Waals surface area contributed by atoms with Crippen LogP contribution in [0.2, 0.25) is 0 Å². The molecule has 0 spiro atoms. The molecule has 0 unspecified atom stereocenters. The topological polar surface area (TPSA) is 83.2 Å². The number of rotatable bonds is 5. The van der Waals surface area contributed by atoms with E-state index in [9.17, 15) is 22.8 Å². The van der Waals surface area contributed by atoms with Gasteiger partial charge in [-0.05, 0) is 38.3 Å². The largest absolute Gasteiger partial charge is 0.417 e. The number of ether oxygens (including phenoxy) is 1. The van der Waals surface area contributed by atoms with Gasteiger partial charge in [-0.3, -0.25) is 9.59 Å². The molecule has 0 atom stereocenters. The minimum Gasteiger partial charge on any atom is -0.381 e. The summed E-state index contributed by atoms with van der Waals surface area (Å²) < 4.78 is 45.1. The minimum atomic E-state index is -4.68. The van der Waals surface area contributed by atoms with Gasteiger partial charge in [-0.15, -0.1) is 11.3 Å². The van der Waals surface area contributed by atoms with E-state index in [0.717, 1.165) is 29.5 Å². The van der Waals surface area contributed by atoms with Crippen molar-refractivity contribution in [2.75, 3.05) is 18.5 Å². The molecule has 3 heterocycles. The zero-order valence-corrected chi connectivity index (χ0v) is 16.9. The van der Waals surface area contributed by atoms with Crippen molar-refractivity contribution < 1.29 is 22.7 Å². The Balaban J connectivity index is 1.73. The number of anilines is 1. The molecule has 158 valence electrons. The normalized spacial score (nSPS) is 15.3. The second-order valence-electron chi connectivity index (χ2n) is 6.99. The minimum absolute atomic E-state index is 0.106. The van der Waals surface area contributed by atoms with Crippen LogP contribution in [-0.2, 0) is 17.5 Å². The highest BCUT2D eigenvalue weighted by molar-refractivity contribution is 7.14. The number of nitrogens with one attached hydrogen (secondary N) is 3. The van der Waals surface area contributed by atoms with Crippen molar-refractivity contribution in [1.29, 1.82) is 0 Å². The summed E-state index contributed by atoms with van der Waals surface area (Å²) in [6.07, 6.45) is -2.94. The van der Waals surface area contributed by atoms with Gasteiger partial charge in [0.1, 0.15) is 0 Å². The number of hydrogen-bond acceptors (Lipinski definition) is 5. The molecule has 0 aliphatic carbocycles. The summed E-state index contributed by atoms with van der Waals surface area (Å²) in [5, 5.41) is 8.36. The Morgan fingerprint density at radius 1 is 1.31 bits per heavy atom. The zero-order chi connectivity index (χ0) is 21.2. The summed E-state index contributed by atoms with van der Waals surface area (Å²) in [5.41, 5.74) is -1.20. The standard InChI is InChI=1S/C19H22F3N3O3S/c1-10-7-15(19(20,21)22)13(17(27)24-10)8-23-16(26)14-9-29-18(11(14)2)25-12-3-5-28-6-4-12/h7,9,12,25H,3-6,8H2,1-2H3,(H,23,26)(H,24,27). The fraction of sp³-hybridized carbons (Fsp3) is 0.474. The fourth-order valence-electron chi connectivity index (χ4n) is 3.22. The van der Waals surface area contributed by atoms with Crippen LogP contribution in [0.4, 0.5) is 18.2 Å². The summed E-state index contributed by atoms with van der Waals surface area (Å²) in [4.78, 5) is 26.9. The lowest BCUT2D eigenvalue weighted by molar-refractivity contribution is -0.138. The number of hydrogen-bond donors (Lipinski definition) is 3. The molecular weight excluding hydrogens is 407 g/mol. The van der Waals surface area contributed by atoms with Crippen LogP contribution in [0.15, 0.2) is 16.2 Å². The third-order valence-corrected chi connectivity index (χ3v) is 5.86. The maximum absolute atomic E-state index is 13.3. The molecule has 1 aliphatic rings. The van der Waals surface area contributed by atoms with Gasteiger partial charge in [-0.2, -0.15) is 13.2 Å². The number of pyridine rings is 1. The summed E-state index contributed by atoms with van der Waals surface area (Å²) in [6, 6.07) is 1.13. The van der Waals surface area contributed by atoms with Gasteiger partial charge in [0.15, 0.2) is 0 Å². The molecule has 0 bridgehead atoms. The Bertz CT molecular complexity index is 946. The van der Waals surface area contributed by atoms with E-state index in [1.54, 1.807) is 12.3 Å². The number of aryl methyl sites for hydroxylation is 1. The average molecular weight is 429 g/mol. The van der Waals surface area contributed by atoms with Crippen molar-refractivity contribution in [3.63, 3.8) is 0 Å². The van der Waals surface area contributed by atoms with Gasteiger partial charge >= 0.3 is 6.18 Å². The molecule has 10 heteroatoms. The molecule has 1 aliphatic heterocycles. The SMILES string of the molecule is Cc1cc(C(F)(F)F)c(CNC(=O)c2csc(NC3CCOCC3)c2C)c(=O)[nH]1. The molecule has 2 aromatic heterocycles. The van der Waals surface area contributed by atoms with Crippen molar-refractivity contribution in [2.45, 2.75) is 45.5 Å². The number of carbonyl (C=O) groups is 1. The molecule has 2 aromatic rings. The highest BCUT2D eigenvalue weighted by Gasteiger charge is 2.35. The molecule has 1 fully saturated rings. The molecular formula is C19H22F3N3O3S. The number of amides is 1. The van der Waals surface area contributed by atoms with Gasteiger partial charge in [0, 0.05) is 42.4 Å². The Morgan fingerprint density at radius 2 is 2.00 bits per heavy atom. The molecule has 1 saturated heterocycles. The van der Waals surface area contributed by atoms with Gasteiger partial charge in [-0.1, -0.05) is 0 Å². The molecule has 29 heavy (non-hydrogen) atoms.